The molecule has 0 bridgehead atoms. The smallest absolute Gasteiger partial charge is 0.0622 e. The summed E-state index contributed by atoms with van der Waals surface area (Å²) in [5.74, 6) is 0. The SMILES string of the molecule is CCOCC(Cc1cc(C)ccc1C)NC. The highest BCUT2D eigenvalue weighted by atomic mass is 16.5. The van der Waals surface area contributed by atoms with E-state index in [1.165, 1.54) is 16.7 Å². The molecule has 0 aliphatic rings. The van der Waals surface area contributed by atoms with Gasteiger partial charge in [0.05, 0.1) is 6.61 Å². The van der Waals surface area contributed by atoms with E-state index in [2.05, 4.69) is 37.4 Å². The highest BCUT2D eigenvalue weighted by Crippen LogP contribution is 2.13. The summed E-state index contributed by atoms with van der Waals surface area (Å²) in [6.07, 6.45) is 1.03. The van der Waals surface area contributed by atoms with Crippen LogP contribution in [0.15, 0.2) is 18.2 Å². The van der Waals surface area contributed by atoms with E-state index in [9.17, 15) is 0 Å². The van der Waals surface area contributed by atoms with E-state index in [1.807, 2.05) is 14.0 Å². The standard InChI is InChI=1S/C14H23NO/c1-5-16-10-14(15-4)9-13-8-11(2)6-7-12(13)3/h6-8,14-15H,5,9-10H2,1-4H3. The van der Waals surface area contributed by atoms with Gasteiger partial charge in [-0.2, -0.15) is 0 Å². The van der Waals surface area contributed by atoms with E-state index in [4.69, 9.17) is 4.74 Å². The first kappa shape index (κ1) is 13.2. The van der Waals surface area contributed by atoms with E-state index < -0.39 is 0 Å². The van der Waals surface area contributed by atoms with Crippen LogP contribution in [-0.2, 0) is 11.2 Å². The number of rotatable bonds is 6. The van der Waals surface area contributed by atoms with Gasteiger partial charge in [-0.3, -0.25) is 0 Å². The number of hydrogen-bond acceptors (Lipinski definition) is 2. The van der Waals surface area contributed by atoms with Crippen LogP contribution in [0.2, 0.25) is 0 Å². The maximum Gasteiger partial charge on any atom is 0.0622 e. The van der Waals surface area contributed by atoms with Gasteiger partial charge in [-0.05, 0) is 45.4 Å². The molecule has 0 amide bonds. The molecule has 0 fully saturated rings. The molecule has 0 saturated carbocycles. The predicted octanol–water partition coefficient (Wildman–Crippen LogP) is 2.47. The first-order valence-electron chi connectivity index (χ1n) is 5.98. The summed E-state index contributed by atoms with van der Waals surface area (Å²) in [5.41, 5.74) is 4.10. The molecule has 2 heteroatoms. The van der Waals surface area contributed by atoms with E-state index in [-0.39, 0.29) is 0 Å². The van der Waals surface area contributed by atoms with Crippen LogP contribution in [0, 0.1) is 13.8 Å². The van der Waals surface area contributed by atoms with Crippen molar-refractivity contribution >= 4 is 0 Å². The summed E-state index contributed by atoms with van der Waals surface area (Å²) in [7, 11) is 1.99. The maximum absolute atomic E-state index is 5.47. The minimum atomic E-state index is 0.403. The summed E-state index contributed by atoms with van der Waals surface area (Å²) in [5, 5.41) is 3.31. The number of nitrogens with one attached hydrogen (secondary N) is 1. The fourth-order valence-corrected chi connectivity index (χ4v) is 1.79. The Balaban J connectivity index is 2.65. The van der Waals surface area contributed by atoms with Crippen LogP contribution < -0.4 is 5.32 Å². The number of ether oxygens (including phenoxy) is 1. The van der Waals surface area contributed by atoms with Crippen molar-refractivity contribution in [3.05, 3.63) is 34.9 Å². The van der Waals surface area contributed by atoms with Crippen molar-refractivity contribution in [3.8, 4) is 0 Å². The lowest BCUT2D eigenvalue weighted by Gasteiger charge is -2.17. The third kappa shape index (κ3) is 3.95. The van der Waals surface area contributed by atoms with Crippen LogP contribution in [0.5, 0.6) is 0 Å². The van der Waals surface area contributed by atoms with E-state index in [1.54, 1.807) is 0 Å². The monoisotopic (exact) mass is 221 g/mol. The van der Waals surface area contributed by atoms with Crippen molar-refractivity contribution < 1.29 is 4.74 Å². The number of benzene rings is 1. The minimum Gasteiger partial charge on any atom is -0.380 e. The largest absolute Gasteiger partial charge is 0.380 e. The predicted molar refractivity (Wildman–Crippen MR) is 69.0 cm³/mol. The Morgan fingerprint density at radius 1 is 1.31 bits per heavy atom. The summed E-state index contributed by atoms with van der Waals surface area (Å²) in [6, 6.07) is 7.03. The lowest BCUT2D eigenvalue weighted by Crippen LogP contribution is -2.32. The molecule has 1 atom stereocenters. The second-order valence-electron chi connectivity index (χ2n) is 4.28. The lowest BCUT2D eigenvalue weighted by atomic mass is 9.99. The molecular weight excluding hydrogens is 198 g/mol. The molecule has 1 unspecified atom stereocenters. The zero-order chi connectivity index (χ0) is 12.0. The maximum atomic E-state index is 5.47. The van der Waals surface area contributed by atoms with Crippen molar-refractivity contribution in [2.24, 2.45) is 0 Å². The molecule has 1 aromatic carbocycles. The molecule has 0 heterocycles. The van der Waals surface area contributed by atoms with Gasteiger partial charge in [0.25, 0.3) is 0 Å². The Kier molecular flexibility index (Phi) is 5.50. The van der Waals surface area contributed by atoms with Crippen molar-refractivity contribution in [1.29, 1.82) is 0 Å². The van der Waals surface area contributed by atoms with Crippen LogP contribution in [-0.4, -0.2) is 26.3 Å². The van der Waals surface area contributed by atoms with Gasteiger partial charge in [0.1, 0.15) is 0 Å². The van der Waals surface area contributed by atoms with Crippen LogP contribution >= 0.6 is 0 Å². The van der Waals surface area contributed by atoms with Gasteiger partial charge in [-0.25, -0.2) is 0 Å². The van der Waals surface area contributed by atoms with Crippen molar-refractivity contribution in [2.75, 3.05) is 20.3 Å². The van der Waals surface area contributed by atoms with Crippen molar-refractivity contribution in [2.45, 2.75) is 33.2 Å². The minimum absolute atomic E-state index is 0.403. The molecule has 0 aromatic heterocycles. The quantitative estimate of drug-likeness (QED) is 0.797. The molecule has 0 aliphatic heterocycles. The van der Waals surface area contributed by atoms with Crippen LogP contribution in [0.4, 0.5) is 0 Å². The van der Waals surface area contributed by atoms with Crippen molar-refractivity contribution in [3.63, 3.8) is 0 Å². The Morgan fingerprint density at radius 2 is 2.06 bits per heavy atom. The summed E-state index contributed by atoms with van der Waals surface area (Å²) in [4.78, 5) is 0. The van der Waals surface area contributed by atoms with Crippen LogP contribution in [0.3, 0.4) is 0 Å². The molecule has 0 radical (unpaired) electrons. The Morgan fingerprint density at radius 3 is 2.69 bits per heavy atom. The van der Waals surface area contributed by atoms with E-state index >= 15 is 0 Å². The van der Waals surface area contributed by atoms with Gasteiger partial charge >= 0.3 is 0 Å². The van der Waals surface area contributed by atoms with Gasteiger partial charge in [0.15, 0.2) is 0 Å². The Bertz CT molecular complexity index is 323. The molecule has 0 saturated heterocycles. The average Bonchev–Trinajstić information content (AvgIpc) is 2.28. The first-order valence-corrected chi connectivity index (χ1v) is 5.98. The topological polar surface area (TPSA) is 21.3 Å². The highest BCUT2D eigenvalue weighted by molar-refractivity contribution is 5.31. The third-order valence-electron chi connectivity index (χ3n) is 2.90. The Labute approximate surface area is 99.0 Å². The lowest BCUT2D eigenvalue weighted by molar-refractivity contribution is 0.125. The molecule has 1 aromatic rings. The van der Waals surface area contributed by atoms with Crippen LogP contribution in [0.25, 0.3) is 0 Å². The fourth-order valence-electron chi connectivity index (χ4n) is 1.79. The fraction of sp³-hybridized carbons (Fsp3) is 0.571. The molecule has 1 N–H and O–H groups in total. The second kappa shape index (κ2) is 6.66. The molecule has 0 spiro atoms. The zero-order valence-corrected chi connectivity index (χ0v) is 10.8. The number of likely N-dealkylation sites (N-methyl/N-ethyl adjacent to an activating group) is 1. The normalized spacial score (nSPS) is 12.8. The van der Waals surface area contributed by atoms with Gasteiger partial charge in [0, 0.05) is 12.6 Å². The summed E-state index contributed by atoms with van der Waals surface area (Å²) >= 11 is 0. The van der Waals surface area contributed by atoms with Gasteiger partial charge in [0.2, 0.25) is 0 Å². The Hall–Kier alpha value is -0.860. The van der Waals surface area contributed by atoms with Gasteiger partial charge in [-0.15, -0.1) is 0 Å². The molecule has 90 valence electrons. The summed E-state index contributed by atoms with van der Waals surface area (Å²) in [6.45, 7) is 7.90. The second-order valence-corrected chi connectivity index (χ2v) is 4.28. The molecule has 16 heavy (non-hydrogen) atoms. The van der Waals surface area contributed by atoms with Gasteiger partial charge < -0.3 is 10.1 Å². The third-order valence-corrected chi connectivity index (χ3v) is 2.90. The first-order chi connectivity index (χ1) is 7.67. The van der Waals surface area contributed by atoms with Gasteiger partial charge in [-0.1, -0.05) is 23.8 Å². The molecule has 2 nitrogen and oxygen atoms in total. The number of aryl methyl sites for hydroxylation is 2. The highest BCUT2D eigenvalue weighted by Gasteiger charge is 2.09. The molecule has 1 rings (SSSR count). The van der Waals surface area contributed by atoms with Crippen LogP contribution in [0.1, 0.15) is 23.6 Å². The molecule has 0 aliphatic carbocycles. The average molecular weight is 221 g/mol. The molecular formula is C14H23NO. The van der Waals surface area contributed by atoms with Crippen molar-refractivity contribution in [1.82, 2.24) is 5.32 Å². The zero-order valence-electron chi connectivity index (χ0n) is 10.8. The summed E-state index contributed by atoms with van der Waals surface area (Å²) < 4.78 is 5.47. The van der Waals surface area contributed by atoms with E-state index in [0.717, 1.165) is 19.6 Å². The van der Waals surface area contributed by atoms with E-state index in [0.29, 0.717) is 6.04 Å². The number of hydrogen-bond donors (Lipinski definition) is 1.